The number of piperidine rings is 1. The van der Waals surface area contributed by atoms with Crippen LogP contribution < -0.4 is 10.6 Å². The molecule has 0 radical (unpaired) electrons. The van der Waals surface area contributed by atoms with Gasteiger partial charge in [-0.15, -0.1) is 0 Å². The molecule has 182 valence electrons. The molecule has 3 aromatic heterocycles. The molecular weight excluding hydrogens is 442 g/mol. The van der Waals surface area contributed by atoms with E-state index in [2.05, 4.69) is 10.00 Å². The van der Waals surface area contributed by atoms with Crippen molar-refractivity contribution in [3.63, 3.8) is 0 Å². The Labute approximate surface area is 196 Å². The van der Waals surface area contributed by atoms with E-state index in [9.17, 15) is 13.6 Å². The molecule has 0 bridgehead atoms. The maximum absolute atomic E-state index is 13.9. The number of nitrogens with zero attached hydrogens (tertiary/aromatic N) is 7. The van der Waals surface area contributed by atoms with Gasteiger partial charge in [0.05, 0.1) is 11.7 Å². The van der Waals surface area contributed by atoms with Crippen LogP contribution >= 0.6 is 0 Å². The van der Waals surface area contributed by atoms with E-state index in [0.29, 0.717) is 12.2 Å². The Morgan fingerprint density at radius 2 is 1.97 bits per heavy atom. The highest BCUT2D eigenvalue weighted by molar-refractivity contribution is 5.92. The summed E-state index contributed by atoms with van der Waals surface area (Å²) < 4.78 is 30.6. The van der Waals surface area contributed by atoms with E-state index in [4.69, 9.17) is 15.8 Å². The maximum atomic E-state index is 13.9. The van der Waals surface area contributed by atoms with Crippen molar-refractivity contribution >= 4 is 17.4 Å². The van der Waals surface area contributed by atoms with Crippen LogP contribution in [0.3, 0.4) is 0 Å². The molecule has 2 fully saturated rings. The zero-order chi connectivity index (χ0) is 24.2. The van der Waals surface area contributed by atoms with E-state index in [1.54, 1.807) is 9.42 Å². The summed E-state index contributed by atoms with van der Waals surface area (Å²) in [7, 11) is 1.43. The first-order valence-electron chi connectivity index (χ1n) is 11.7. The van der Waals surface area contributed by atoms with Gasteiger partial charge in [-0.2, -0.15) is 19.0 Å². The van der Waals surface area contributed by atoms with E-state index in [1.807, 2.05) is 19.2 Å². The second-order valence-corrected chi connectivity index (χ2v) is 9.55. The van der Waals surface area contributed by atoms with Crippen molar-refractivity contribution in [2.45, 2.75) is 57.5 Å². The molecule has 0 unspecified atom stereocenters. The molecule has 5 rings (SSSR count). The van der Waals surface area contributed by atoms with Crippen LogP contribution in [0.15, 0.2) is 18.3 Å². The number of carbonyl (C=O) groups is 1. The highest BCUT2D eigenvalue weighted by Gasteiger charge is 2.35. The molecule has 2 atom stereocenters. The molecule has 2 saturated heterocycles. The van der Waals surface area contributed by atoms with Gasteiger partial charge in [-0.05, 0) is 38.7 Å². The number of carbonyl (C=O) groups excluding carboxylic acids is 1. The van der Waals surface area contributed by atoms with E-state index in [0.717, 1.165) is 67.5 Å². The van der Waals surface area contributed by atoms with Gasteiger partial charge < -0.3 is 15.5 Å². The Kier molecular flexibility index (Phi) is 5.54. The minimum atomic E-state index is -3.08. The minimum absolute atomic E-state index is 0.0244. The van der Waals surface area contributed by atoms with E-state index < -0.39 is 5.92 Å². The van der Waals surface area contributed by atoms with Gasteiger partial charge in [0, 0.05) is 57.5 Å². The summed E-state index contributed by atoms with van der Waals surface area (Å²) >= 11 is 0. The van der Waals surface area contributed by atoms with Crippen LogP contribution in [0.4, 0.5) is 14.6 Å². The summed E-state index contributed by atoms with van der Waals surface area (Å²) in [6, 6.07) is 2.99. The summed E-state index contributed by atoms with van der Waals surface area (Å²) in [5, 5.41) is 8.83. The van der Waals surface area contributed by atoms with Gasteiger partial charge in [0.2, 0.25) is 0 Å². The van der Waals surface area contributed by atoms with Crippen molar-refractivity contribution < 1.29 is 13.6 Å². The monoisotopic (exact) mass is 472 g/mol. The smallest absolute Gasteiger partial charge is 0.286 e. The SMILES string of the molecule is Cc1cn2nc([C@@H]3CCCCN3C(=O)c3cc(C(C)(F)F)n(C)n3)cc2nc1N1CC[C@H](N)C1. The first-order valence-corrected chi connectivity index (χ1v) is 11.7. The van der Waals surface area contributed by atoms with Crippen molar-refractivity contribution in [2.24, 2.45) is 12.8 Å². The van der Waals surface area contributed by atoms with Crippen LogP contribution in [0.25, 0.3) is 5.65 Å². The molecule has 0 spiro atoms. The predicted octanol–water partition coefficient (Wildman–Crippen LogP) is 2.79. The number of fused-ring (bicyclic) bond motifs is 1. The van der Waals surface area contributed by atoms with Crippen molar-refractivity contribution in [2.75, 3.05) is 24.5 Å². The maximum Gasteiger partial charge on any atom is 0.286 e. The molecule has 0 saturated carbocycles. The number of alkyl halides is 2. The second kappa shape index (κ2) is 8.30. The van der Waals surface area contributed by atoms with E-state index in [-0.39, 0.29) is 29.4 Å². The van der Waals surface area contributed by atoms with Crippen LogP contribution in [0.2, 0.25) is 0 Å². The Balaban J connectivity index is 1.46. The number of hydrogen-bond acceptors (Lipinski definition) is 6. The molecule has 0 aliphatic carbocycles. The molecular formula is C23H30F2N8O. The standard InChI is InChI=1S/C23H30F2N8O/c1-14-12-33-20(27-21(14)31-9-7-15(26)13-31)11-16(29-33)18-6-4-5-8-32(18)22(34)17-10-19(23(2,24)25)30(3)28-17/h10-12,15,18H,4-9,13,26H2,1-3H3/t15-,18-/m0/s1. The van der Waals surface area contributed by atoms with Gasteiger partial charge in [0.25, 0.3) is 11.8 Å². The highest BCUT2D eigenvalue weighted by Crippen LogP contribution is 2.33. The number of rotatable bonds is 4. The summed E-state index contributed by atoms with van der Waals surface area (Å²) in [6.45, 7) is 4.98. The third kappa shape index (κ3) is 4.02. The Morgan fingerprint density at radius 1 is 1.18 bits per heavy atom. The first-order chi connectivity index (χ1) is 16.1. The molecule has 2 N–H and O–H groups in total. The number of likely N-dealkylation sites (tertiary alicyclic amines) is 1. The molecule has 34 heavy (non-hydrogen) atoms. The van der Waals surface area contributed by atoms with Gasteiger partial charge in [0.1, 0.15) is 11.5 Å². The zero-order valence-electron chi connectivity index (χ0n) is 19.7. The fourth-order valence-corrected chi connectivity index (χ4v) is 5.09. The average Bonchev–Trinajstić information content (AvgIpc) is 3.50. The third-order valence-electron chi connectivity index (χ3n) is 6.80. The summed E-state index contributed by atoms with van der Waals surface area (Å²) in [5.74, 6) is -2.53. The summed E-state index contributed by atoms with van der Waals surface area (Å²) in [6.07, 6.45) is 5.43. The van der Waals surface area contributed by atoms with Crippen LogP contribution in [-0.2, 0) is 13.0 Å². The van der Waals surface area contributed by atoms with Crippen LogP contribution in [0.5, 0.6) is 0 Å². The van der Waals surface area contributed by atoms with Crippen molar-refractivity contribution in [1.29, 1.82) is 0 Å². The van der Waals surface area contributed by atoms with E-state index in [1.165, 1.54) is 13.1 Å². The summed E-state index contributed by atoms with van der Waals surface area (Å²) in [4.78, 5) is 22.1. The molecule has 3 aromatic rings. The number of amides is 1. The Hall–Kier alpha value is -3.08. The fraction of sp³-hybridized carbons (Fsp3) is 0.565. The largest absolute Gasteiger partial charge is 0.355 e. The predicted molar refractivity (Wildman–Crippen MR) is 123 cm³/mol. The first kappa shape index (κ1) is 22.7. The molecule has 9 nitrogen and oxygen atoms in total. The third-order valence-corrected chi connectivity index (χ3v) is 6.80. The van der Waals surface area contributed by atoms with E-state index >= 15 is 0 Å². The zero-order valence-corrected chi connectivity index (χ0v) is 19.7. The number of aromatic nitrogens is 5. The number of aryl methyl sites for hydroxylation is 2. The molecule has 1 amide bonds. The minimum Gasteiger partial charge on any atom is -0.355 e. The lowest BCUT2D eigenvalue weighted by atomic mass is 9.99. The number of nitrogens with two attached hydrogens (primary N) is 1. The number of hydrogen-bond donors (Lipinski definition) is 1. The lowest BCUT2D eigenvalue weighted by molar-refractivity contribution is 0.00883. The van der Waals surface area contributed by atoms with Crippen LogP contribution in [0, 0.1) is 6.92 Å². The van der Waals surface area contributed by atoms with Crippen LogP contribution in [0.1, 0.15) is 66.1 Å². The summed E-state index contributed by atoms with van der Waals surface area (Å²) in [5.41, 5.74) is 8.28. The molecule has 0 aromatic carbocycles. The molecule has 5 heterocycles. The topological polar surface area (TPSA) is 97.6 Å². The van der Waals surface area contributed by atoms with Crippen molar-refractivity contribution in [1.82, 2.24) is 29.3 Å². The fourth-order valence-electron chi connectivity index (χ4n) is 5.09. The molecule has 2 aliphatic heterocycles. The lowest BCUT2D eigenvalue weighted by Gasteiger charge is -2.34. The lowest BCUT2D eigenvalue weighted by Crippen LogP contribution is -2.39. The van der Waals surface area contributed by atoms with Crippen molar-refractivity contribution in [3.8, 4) is 0 Å². The normalized spacial score (nSPS) is 21.6. The van der Waals surface area contributed by atoms with Crippen LogP contribution in [-0.4, -0.2) is 60.9 Å². The quantitative estimate of drug-likeness (QED) is 0.627. The molecule has 2 aliphatic rings. The van der Waals surface area contributed by atoms with Gasteiger partial charge in [-0.1, -0.05) is 0 Å². The number of anilines is 1. The Morgan fingerprint density at radius 3 is 2.65 bits per heavy atom. The highest BCUT2D eigenvalue weighted by atomic mass is 19.3. The average molecular weight is 473 g/mol. The van der Waals surface area contributed by atoms with Gasteiger partial charge in [-0.25, -0.2) is 9.50 Å². The Bertz CT molecular complexity index is 1230. The molecule has 11 heteroatoms. The van der Waals surface area contributed by atoms with Gasteiger partial charge in [0.15, 0.2) is 11.3 Å². The second-order valence-electron chi connectivity index (χ2n) is 9.55. The van der Waals surface area contributed by atoms with Gasteiger partial charge in [-0.3, -0.25) is 9.48 Å². The van der Waals surface area contributed by atoms with Gasteiger partial charge >= 0.3 is 0 Å². The number of halogens is 2. The van der Waals surface area contributed by atoms with Crippen molar-refractivity contribution in [3.05, 3.63) is 41.0 Å².